The molecule has 0 saturated heterocycles. The normalized spacial score (nSPS) is 17.1. The molecular weight excluding hydrogens is 241 g/mol. The van der Waals surface area contributed by atoms with Gasteiger partial charge in [-0.25, -0.2) is 4.39 Å². The predicted molar refractivity (Wildman–Crippen MR) is 75.7 cm³/mol. The number of benzene rings is 1. The first-order valence-electron chi connectivity index (χ1n) is 7.09. The van der Waals surface area contributed by atoms with E-state index < -0.39 is 0 Å². The number of hydrogen-bond acceptors (Lipinski definition) is 1. The standard InChI is InChI=1S/C16H22FNO/c1-4-16(8-5-9-16)15(19)18-12-6-7-13(11(2)3)14(17)10-12/h6-7,10-11H,4-5,8-9H2,1-3H3,(H,18,19). The number of carbonyl (C=O) groups is 1. The first-order valence-corrected chi connectivity index (χ1v) is 7.09. The summed E-state index contributed by atoms with van der Waals surface area (Å²) in [5.41, 5.74) is 1.03. The highest BCUT2D eigenvalue weighted by molar-refractivity contribution is 5.95. The molecule has 1 amide bonds. The van der Waals surface area contributed by atoms with Crippen molar-refractivity contribution in [3.05, 3.63) is 29.6 Å². The van der Waals surface area contributed by atoms with Crippen LogP contribution in [0.25, 0.3) is 0 Å². The van der Waals surface area contributed by atoms with Crippen LogP contribution in [0.3, 0.4) is 0 Å². The van der Waals surface area contributed by atoms with E-state index in [1.54, 1.807) is 12.1 Å². The Morgan fingerprint density at radius 2 is 2.11 bits per heavy atom. The number of rotatable bonds is 4. The molecule has 0 radical (unpaired) electrons. The molecule has 1 aromatic rings. The highest BCUT2D eigenvalue weighted by atomic mass is 19.1. The molecule has 1 N–H and O–H groups in total. The molecule has 0 aromatic heterocycles. The Hall–Kier alpha value is -1.38. The molecule has 1 aromatic carbocycles. The van der Waals surface area contributed by atoms with Crippen molar-refractivity contribution in [3.8, 4) is 0 Å². The van der Waals surface area contributed by atoms with E-state index in [1.807, 2.05) is 20.8 Å². The third kappa shape index (κ3) is 2.65. The van der Waals surface area contributed by atoms with Crippen molar-refractivity contribution in [1.29, 1.82) is 0 Å². The maximum absolute atomic E-state index is 13.9. The molecule has 1 aliphatic carbocycles. The summed E-state index contributed by atoms with van der Waals surface area (Å²) in [6.07, 6.45) is 3.86. The molecule has 1 fully saturated rings. The molecule has 3 heteroatoms. The van der Waals surface area contributed by atoms with Crippen LogP contribution < -0.4 is 5.32 Å². The minimum atomic E-state index is -0.244. The summed E-state index contributed by atoms with van der Waals surface area (Å²) in [5.74, 6) is -0.0525. The lowest BCUT2D eigenvalue weighted by Crippen LogP contribution is -2.41. The summed E-state index contributed by atoms with van der Waals surface area (Å²) in [6, 6.07) is 4.97. The zero-order valence-electron chi connectivity index (χ0n) is 11.9. The third-order valence-corrected chi connectivity index (χ3v) is 4.35. The maximum Gasteiger partial charge on any atom is 0.230 e. The molecule has 0 bridgehead atoms. The van der Waals surface area contributed by atoms with Crippen LogP contribution in [0, 0.1) is 11.2 Å². The molecule has 0 unspecified atom stereocenters. The SMILES string of the molecule is CCC1(C(=O)Nc2ccc(C(C)C)c(F)c2)CCC1. The van der Waals surface area contributed by atoms with Crippen LogP contribution in [0.2, 0.25) is 0 Å². The monoisotopic (exact) mass is 263 g/mol. The van der Waals surface area contributed by atoms with Gasteiger partial charge in [0.15, 0.2) is 0 Å². The number of carbonyl (C=O) groups excluding carboxylic acids is 1. The van der Waals surface area contributed by atoms with Gasteiger partial charge in [-0.2, -0.15) is 0 Å². The lowest BCUT2D eigenvalue weighted by atomic mass is 9.66. The van der Waals surface area contributed by atoms with Gasteiger partial charge in [-0.1, -0.05) is 33.3 Å². The van der Waals surface area contributed by atoms with E-state index in [9.17, 15) is 9.18 Å². The van der Waals surface area contributed by atoms with Gasteiger partial charge in [0.25, 0.3) is 0 Å². The smallest absolute Gasteiger partial charge is 0.230 e. The van der Waals surface area contributed by atoms with Gasteiger partial charge < -0.3 is 5.32 Å². The van der Waals surface area contributed by atoms with Crippen LogP contribution in [0.15, 0.2) is 18.2 Å². The molecule has 0 aliphatic heterocycles. The highest BCUT2D eigenvalue weighted by Gasteiger charge is 2.42. The molecule has 1 aliphatic rings. The molecule has 1 saturated carbocycles. The number of nitrogens with one attached hydrogen (secondary N) is 1. The summed E-state index contributed by atoms with van der Waals surface area (Å²) in [4.78, 5) is 12.2. The zero-order chi connectivity index (χ0) is 14.0. The van der Waals surface area contributed by atoms with Crippen molar-refractivity contribution in [2.24, 2.45) is 5.41 Å². The predicted octanol–water partition coefficient (Wildman–Crippen LogP) is 4.47. The fourth-order valence-electron chi connectivity index (χ4n) is 2.68. The van der Waals surface area contributed by atoms with E-state index in [4.69, 9.17) is 0 Å². The van der Waals surface area contributed by atoms with Crippen LogP contribution >= 0.6 is 0 Å². The maximum atomic E-state index is 13.9. The average molecular weight is 263 g/mol. The topological polar surface area (TPSA) is 29.1 Å². The van der Waals surface area contributed by atoms with Crippen LogP contribution in [-0.2, 0) is 4.79 Å². The Bertz CT molecular complexity index is 472. The van der Waals surface area contributed by atoms with Gasteiger partial charge in [0, 0.05) is 11.1 Å². The summed E-state index contributed by atoms with van der Waals surface area (Å²) in [6.45, 7) is 5.95. The number of anilines is 1. The van der Waals surface area contributed by atoms with Gasteiger partial charge >= 0.3 is 0 Å². The van der Waals surface area contributed by atoms with Gasteiger partial charge in [0.05, 0.1) is 0 Å². The lowest BCUT2D eigenvalue weighted by molar-refractivity contribution is -0.130. The molecule has 2 nitrogen and oxygen atoms in total. The van der Waals surface area contributed by atoms with Crippen LogP contribution in [0.5, 0.6) is 0 Å². The summed E-state index contributed by atoms with van der Waals surface area (Å²) in [7, 11) is 0. The van der Waals surface area contributed by atoms with Crippen molar-refractivity contribution in [3.63, 3.8) is 0 Å². The van der Waals surface area contributed by atoms with E-state index >= 15 is 0 Å². The zero-order valence-corrected chi connectivity index (χ0v) is 11.9. The highest BCUT2D eigenvalue weighted by Crippen LogP contribution is 2.44. The van der Waals surface area contributed by atoms with Gasteiger partial charge in [0.1, 0.15) is 5.82 Å². The van der Waals surface area contributed by atoms with Crippen molar-refractivity contribution < 1.29 is 9.18 Å². The van der Waals surface area contributed by atoms with E-state index in [0.29, 0.717) is 11.3 Å². The minimum absolute atomic E-state index is 0.0398. The Balaban J connectivity index is 2.11. The van der Waals surface area contributed by atoms with E-state index in [0.717, 1.165) is 25.7 Å². The van der Waals surface area contributed by atoms with Crippen molar-refractivity contribution in [1.82, 2.24) is 0 Å². The summed E-state index contributed by atoms with van der Waals surface area (Å²) >= 11 is 0. The van der Waals surface area contributed by atoms with Gasteiger partial charge in [-0.05, 0) is 42.9 Å². The second-order valence-corrected chi connectivity index (χ2v) is 5.83. The Kier molecular flexibility index (Phi) is 3.93. The van der Waals surface area contributed by atoms with Gasteiger partial charge in [-0.3, -0.25) is 4.79 Å². The molecule has 0 spiro atoms. The van der Waals surface area contributed by atoms with Crippen molar-refractivity contribution in [2.45, 2.75) is 52.4 Å². The van der Waals surface area contributed by atoms with Crippen LogP contribution in [-0.4, -0.2) is 5.91 Å². The molecule has 0 heterocycles. The Morgan fingerprint density at radius 3 is 2.53 bits per heavy atom. The summed E-state index contributed by atoms with van der Waals surface area (Å²) in [5, 5.41) is 2.86. The average Bonchev–Trinajstić information content (AvgIpc) is 2.27. The molecular formula is C16H22FNO. The second-order valence-electron chi connectivity index (χ2n) is 5.83. The fourth-order valence-corrected chi connectivity index (χ4v) is 2.68. The quantitative estimate of drug-likeness (QED) is 0.853. The Labute approximate surface area is 114 Å². The van der Waals surface area contributed by atoms with Gasteiger partial charge in [-0.15, -0.1) is 0 Å². The third-order valence-electron chi connectivity index (χ3n) is 4.35. The minimum Gasteiger partial charge on any atom is -0.326 e. The van der Waals surface area contributed by atoms with E-state index in [2.05, 4.69) is 5.32 Å². The largest absolute Gasteiger partial charge is 0.326 e. The fraction of sp³-hybridized carbons (Fsp3) is 0.562. The van der Waals surface area contributed by atoms with E-state index in [-0.39, 0.29) is 23.1 Å². The molecule has 104 valence electrons. The van der Waals surface area contributed by atoms with Crippen LogP contribution in [0.1, 0.15) is 57.9 Å². The Morgan fingerprint density at radius 1 is 1.42 bits per heavy atom. The first-order chi connectivity index (χ1) is 8.98. The van der Waals surface area contributed by atoms with Gasteiger partial charge in [0.2, 0.25) is 5.91 Å². The number of halogens is 1. The number of amides is 1. The van der Waals surface area contributed by atoms with Crippen molar-refractivity contribution >= 4 is 11.6 Å². The molecule has 2 rings (SSSR count). The second kappa shape index (κ2) is 5.32. The first kappa shape index (κ1) is 14.0. The lowest BCUT2D eigenvalue weighted by Gasteiger charge is -2.39. The van der Waals surface area contributed by atoms with Crippen LogP contribution in [0.4, 0.5) is 10.1 Å². The van der Waals surface area contributed by atoms with E-state index in [1.165, 1.54) is 6.07 Å². The number of hydrogen-bond donors (Lipinski definition) is 1. The summed E-state index contributed by atoms with van der Waals surface area (Å²) < 4.78 is 13.9. The molecule has 0 atom stereocenters. The molecule has 19 heavy (non-hydrogen) atoms. The van der Waals surface area contributed by atoms with Crippen molar-refractivity contribution in [2.75, 3.05) is 5.32 Å².